The van der Waals surface area contributed by atoms with Gasteiger partial charge in [0.25, 0.3) is 0 Å². The number of pyridine rings is 1. The third-order valence-electron chi connectivity index (χ3n) is 16.3. The number of nitrogens with zero attached hydrogens (tertiary/aromatic N) is 7. The fourth-order valence-corrected chi connectivity index (χ4v) is 12.1. The van der Waals surface area contributed by atoms with Crippen LogP contribution >= 0.6 is 0 Å². The molecule has 5 aromatic carbocycles. The largest absolute Gasteiger partial charge is 0.497 e. The molecule has 2 N–H and O–H groups in total. The lowest BCUT2D eigenvalue weighted by molar-refractivity contribution is -0.0376. The summed E-state index contributed by atoms with van der Waals surface area (Å²) >= 11 is 0. The van der Waals surface area contributed by atoms with Gasteiger partial charge in [0.15, 0.2) is 27.8 Å². The first-order chi connectivity index (χ1) is 37.2. The number of ether oxygens (including phenoxy) is 4. The molecular formula is C61H73N9O6Si2. The van der Waals surface area contributed by atoms with E-state index in [1.165, 1.54) is 0 Å². The molecule has 0 spiro atoms. The van der Waals surface area contributed by atoms with E-state index in [4.69, 9.17) is 47.7 Å². The van der Waals surface area contributed by atoms with E-state index in [-0.39, 0.29) is 34.6 Å². The highest BCUT2D eigenvalue weighted by molar-refractivity contribution is 6.74. The predicted molar refractivity (Wildman–Crippen MR) is 315 cm³/mol. The van der Waals surface area contributed by atoms with Crippen LogP contribution < -0.4 is 24.8 Å². The summed E-state index contributed by atoms with van der Waals surface area (Å²) in [5.41, 5.74) is 6.13. The Hall–Kier alpha value is -7.16. The zero-order valence-electron chi connectivity index (χ0n) is 47.2. The van der Waals surface area contributed by atoms with Crippen molar-refractivity contribution in [2.45, 2.75) is 115 Å². The molecular weight excluding hydrogens is 1010 g/mol. The van der Waals surface area contributed by atoms with Crippen LogP contribution in [0.2, 0.25) is 36.3 Å². The van der Waals surface area contributed by atoms with Crippen LogP contribution in [-0.2, 0) is 32.8 Å². The Labute approximate surface area is 460 Å². The molecule has 78 heavy (non-hydrogen) atoms. The van der Waals surface area contributed by atoms with Gasteiger partial charge in [0.2, 0.25) is 23.7 Å². The molecule has 1 saturated heterocycles. The van der Waals surface area contributed by atoms with Gasteiger partial charge in [-0.25, -0.2) is 9.97 Å². The van der Waals surface area contributed by atoms with Gasteiger partial charge in [-0.05, 0) is 107 Å². The van der Waals surface area contributed by atoms with Gasteiger partial charge < -0.3 is 37.7 Å². The third kappa shape index (κ3) is 10.5. The Bertz CT molecular complexity index is 3490. The van der Waals surface area contributed by atoms with Crippen molar-refractivity contribution in [2.75, 3.05) is 31.5 Å². The van der Waals surface area contributed by atoms with Crippen LogP contribution in [-0.4, -0.2) is 83.7 Å². The van der Waals surface area contributed by atoms with Crippen LogP contribution in [0.4, 0.5) is 17.8 Å². The van der Waals surface area contributed by atoms with E-state index < -0.39 is 34.5 Å². The van der Waals surface area contributed by atoms with Gasteiger partial charge >= 0.3 is 0 Å². The summed E-state index contributed by atoms with van der Waals surface area (Å²) in [6, 6.07) is 44.5. The number of imidazole rings is 2. The molecule has 0 unspecified atom stereocenters. The maximum Gasteiger partial charge on any atom is 0.247 e. The van der Waals surface area contributed by atoms with E-state index in [0.717, 1.165) is 55.7 Å². The number of rotatable bonds is 18. The molecule has 0 aliphatic carbocycles. The van der Waals surface area contributed by atoms with Gasteiger partial charge in [0.1, 0.15) is 36.0 Å². The van der Waals surface area contributed by atoms with Crippen LogP contribution in [0.25, 0.3) is 33.1 Å². The SMILES string of the molecule is COc1ccc(C(Nc2nc(OCc3ccccc3)c3nc(Nc4nc5ccc6ncccc6c5n4C)n([C@H]4C[C@H](O[Si](C)(C)C(C)(C)C)[C@@H](CO[Si](C)(C)C(C)(C)C)O4)c3n2)(c2ccccc2)c2ccc(OC)cc2)cc1. The van der Waals surface area contributed by atoms with Crippen molar-refractivity contribution in [3.63, 3.8) is 0 Å². The van der Waals surface area contributed by atoms with Crippen molar-refractivity contribution in [1.29, 1.82) is 0 Å². The Morgan fingerprint density at radius 3 is 1.87 bits per heavy atom. The fraction of sp³-hybridized carbons (Fsp3) is 0.361. The average Bonchev–Trinajstić information content (AvgIpc) is 4.25. The summed E-state index contributed by atoms with van der Waals surface area (Å²) in [5, 5.41) is 8.52. The number of hydrogen-bond acceptors (Lipinski definition) is 13. The molecule has 0 bridgehead atoms. The Morgan fingerprint density at radius 1 is 0.654 bits per heavy atom. The fourth-order valence-electron chi connectivity index (χ4n) is 9.72. The number of benzene rings is 5. The van der Waals surface area contributed by atoms with Crippen LogP contribution in [0.3, 0.4) is 0 Å². The van der Waals surface area contributed by atoms with Crippen LogP contribution in [0.5, 0.6) is 17.4 Å². The highest BCUT2D eigenvalue weighted by Gasteiger charge is 2.48. The zero-order chi connectivity index (χ0) is 55.2. The lowest BCUT2D eigenvalue weighted by Crippen LogP contribution is -2.48. The number of anilines is 3. The summed E-state index contributed by atoms with van der Waals surface area (Å²) in [7, 11) is 0.736. The van der Waals surface area contributed by atoms with E-state index in [1.807, 2.05) is 107 Å². The van der Waals surface area contributed by atoms with Crippen LogP contribution in [0, 0.1) is 0 Å². The van der Waals surface area contributed by atoms with Gasteiger partial charge in [-0.15, -0.1) is 0 Å². The van der Waals surface area contributed by atoms with E-state index >= 15 is 0 Å². The van der Waals surface area contributed by atoms with Crippen molar-refractivity contribution in [1.82, 2.24) is 34.1 Å². The van der Waals surface area contributed by atoms with Gasteiger partial charge in [0, 0.05) is 25.1 Å². The van der Waals surface area contributed by atoms with Gasteiger partial charge in [0.05, 0.1) is 43.5 Å². The number of fused-ring (bicyclic) bond motifs is 4. The number of hydrogen-bond donors (Lipinski definition) is 2. The molecule has 3 atom stereocenters. The highest BCUT2D eigenvalue weighted by atomic mass is 28.4. The van der Waals surface area contributed by atoms with E-state index in [1.54, 1.807) is 20.4 Å². The molecule has 406 valence electrons. The summed E-state index contributed by atoms with van der Waals surface area (Å²) in [4.78, 5) is 26.1. The van der Waals surface area contributed by atoms with E-state index in [0.29, 0.717) is 36.1 Å². The molecule has 1 aliphatic heterocycles. The van der Waals surface area contributed by atoms with Crippen LogP contribution in [0.1, 0.15) is 76.4 Å². The maximum absolute atomic E-state index is 7.39. The summed E-state index contributed by atoms with van der Waals surface area (Å²) < 4.78 is 44.1. The quantitative estimate of drug-likeness (QED) is 0.0619. The number of aromatic nitrogens is 7. The lowest BCUT2D eigenvalue weighted by Gasteiger charge is -2.40. The average molecular weight is 1080 g/mol. The minimum atomic E-state index is -2.37. The Morgan fingerprint density at radius 2 is 1.26 bits per heavy atom. The second kappa shape index (κ2) is 21.2. The molecule has 1 fully saturated rings. The molecule has 5 heterocycles. The third-order valence-corrected chi connectivity index (χ3v) is 25.3. The first-order valence-corrected chi connectivity index (χ1v) is 32.6. The summed E-state index contributed by atoms with van der Waals surface area (Å²) in [6.07, 6.45) is 0.911. The number of methoxy groups -OCH3 is 2. The number of aryl methyl sites for hydroxylation is 1. The van der Waals surface area contributed by atoms with Crippen molar-refractivity contribution >= 4 is 67.6 Å². The number of nitrogens with one attached hydrogen (secondary N) is 2. The molecule has 0 radical (unpaired) electrons. The highest BCUT2D eigenvalue weighted by Crippen LogP contribution is 2.46. The van der Waals surface area contributed by atoms with E-state index in [2.05, 4.69) is 126 Å². The Balaban J connectivity index is 1.20. The van der Waals surface area contributed by atoms with Crippen molar-refractivity contribution < 1.29 is 27.8 Å². The second-order valence-corrected chi connectivity index (χ2v) is 32.8. The predicted octanol–water partition coefficient (Wildman–Crippen LogP) is 13.7. The van der Waals surface area contributed by atoms with E-state index in [9.17, 15) is 0 Å². The molecule has 1 aliphatic rings. The molecule has 0 saturated carbocycles. The van der Waals surface area contributed by atoms with Gasteiger partial charge in [-0.1, -0.05) is 126 Å². The first-order valence-electron chi connectivity index (χ1n) is 26.7. The topological polar surface area (TPSA) is 154 Å². The summed E-state index contributed by atoms with van der Waals surface area (Å²) in [6.45, 7) is 23.3. The van der Waals surface area contributed by atoms with Gasteiger partial charge in [-0.2, -0.15) is 9.97 Å². The molecule has 15 nitrogen and oxygen atoms in total. The smallest absolute Gasteiger partial charge is 0.247 e. The van der Waals surface area contributed by atoms with Crippen molar-refractivity contribution in [2.24, 2.45) is 7.05 Å². The molecule has 9 aromatic rings. The lowest BCUT2D eigenvalue weighted by atomic mass is 9.77. The zero-order valence-corrected chi connectivity index (χ0v) is 49.2. The standard InChI is InChI=1S/C61H73N9O6Si2/c1-59(2,3)77(10,11)74-39-50-49(76-78(12,13)60(4,5)6)37-51(75-50)70-54-52(64-58(70)67-57-63-48-35-34-47-46(25-20-36-62-47)53(48)69(57)7)55(73-38-40-21-16-14-17-22-40)66-56(65-54)68-61(41-23-18-15-19-24-41,42-26-30-44(71-8)31-27-42)43-28-32-45(72-9)33-29-43/h14-36,49-51H,37-39H2,1-13H3,(H,63,64,67)(H,65,66,68)/t49-,50+,51+/m0/s1. The Kier molecular flexibility index (Phi) is 14.8. The molecule has 4 aromatic heterocycles. The minimum absolute atomic E-state index is 0.0193. The maximum atomic E-state index is 7.39. The molecule has 0 amide bonds. The normalized spacial score (nSPS) is 16.5. The second-order valence-electron chi connectivity index (χ2n) is 23.3. The molecule has 17 heteroatoms. The minimum Gasteiger partial charge on any atom is -0.497 e. The van der Waals surface area contributed by atoms with Crippen molar-refractivity contribution in [3.8, 4) is 17.4 Å². The first kappa shape index (κ1) is 54.2. The van der Waals surface area contributed by atoms with Gasteiger partial charge in [-0.3, -0.25) is 14.9 Å². The summed E-state index contributed by atoms with van der Waals surface area (Å²) in [5.74, 6) is 2.98. The molecule has 10 rings (SSSR count). The van der Waals surface area contributed by atoms with Crippen molar-refractivity contribution in [3.05, 3.63) is 162 Å². The monoisotopic (exact) mass is 1080 g/mol. The van der Waals surface area contributed by atoms with Crippen LogP contribution in [0.15, 0.2) is 140 Å².